The molecular formula is C27H25N3O3S. The molecule has 1 heterocycles. The van der Waals surface area contributed by atoms with Crippen LogP contribution in [0.3, 0.4) is 0 Å². The van der Waals surface area contributed by atoms with Gasteiger partial charge in [0.1, 0.15) is 5.75 Å². The van der Waals surface area contributed by atoms with Crippen LogP contribution in [-0.2, 0) is 16.0 Å². The Morgan fingerprint density at radius 3 is 2.59 bits per heavy atom. The molecule has 6 nitrogen and oxygen atoms in total. The molecule has 172 valence electrons. The second-order valence-corrected chi connectivity index (χ2v) is 9.33. The van der Waals surface area contributed by atoms with Crippen molar-refractivity contribution in [2.45, 2.75) is 19.3 Å². The zero-order chi connectivity index (χ0) is 23.3. The number of nitrogens with one attached hydrogen (secondary N) is 1. The lowest BCUT2D eigenvalue weighted by molar-refractivity contribution is -0.120. The molecule has 7 heteroatoms. The zero-order valence-corrected chi connectivity index (χ0v) is 19.5. The van der Waals surface area contributed by atoms with E-state index >= 15 is 0 Å². The van der Waals surface area contributed by atoms with Gasteiger partial charge < -0.3 is 10.1 Å². The third-order valence-electron chi connectivity index (χ3n) is 5.69. The number of hydrogen-bond acceptors (Lipinski definition) is 5. The molecule has 3 aromatic carbocycles. The van der Waals surface area contributed by atoms with Gasteiger partial charge >= 0.3 is 0 Å². The summed E-state index contributed by atoms with van der Waals surface area (Å²) < 4.78 is 6.87. The van der Waals surface area contributed by atoms with Crippen molar-refractivity contribution >= 4 is 44.2 Å². The maximum atomic E-state index is 13.3. The molecule has 0 unspecified atom stereocenters. The van der Waals surface area contributed by atoms with E-state index in [2.05, 4.69) is 17.4 Å². The van der Waals surface area contributed by atoms with Crippen LogP contribution in [0.1, 0.15) is 18.4 Å². The molecule has 1 aromatic heterocycles. The minimum absolute atomic E-state index is 0.0381. The number of rotatable bonds is 9. The fraction of sp³-hybridized carbons (Fsp3) is 0.222. The normalized spacial score (nSPS) is 12.9. The minimum Gasteiger partial charge on any atom is -0.484 e. The zero-order valence-electron chi connectivity index (χ0n) is 18.6. The van der Waals surface area contributed by atoms with Crippen LogP contribution in [-0.4, -0.2) is 29.9 Å². The van der Waals surface area contributed by atoms with Crippen LogP contribution in [0.25, 0.3) is 10.2 Å². The molecule has 2 amide bonds. The van der Waals surface area contributed by atoms with E-state index in [1.807, 2.05) is 54.6 Å². The standard InChI is InChI=1S/C27H25N3O3S/c31-25(18-33-22-10-6-9-21(17-22)28-26(32)20-13-14-20)30(16-15-19-7-2-1-3-8-19)27-29-23-11-4-5-12-24(23)34-27/h1-12,17,20H,13-16,18H2,(H,28,32). The Balaban J connectivity index is 1.29. The molecule has 5 rings (SSSR count). The predicted octanol–water partition coefficient (Wildman–Crippen LogP) is 5.30. The molecule has 34 heavy (non-hydrogen) atoms. The molecule has 0 radical (unpaired) electrons. The number of fused-ring (bicyclic) bond motifs is 1. The van der Waals surface area contributed by atoms with Crippen molar-refractivity contribution in [3.05, 3.63) is 84.4 Å². The molecule has 1 aliphatic rings. The van der Waals surface area contributed by atoms with E-state index in [1.54, 1.807) is 17.0 Å². The van der Waals surface area contributed by atoms with Crippen molar-refractivity contribution in [3.8, 4) is 5.75 Å². The third kappa shape index (κ3) is 5.43. The van der Waals surface area contributed by atoms with E-state index in [0.29, 0.717) is 29.5 Å². The van der Waals surface area contributed by atoms with Crippen molar-refractivity contribution in [2.75, 3.05) is 23.4 Å². The third-order valence-corrected chi connectivity index (χ3v) is 6.75. The largest absolute Gasteiger partial charge is 0.484 e. The number of para-hydroxylation sites is 1. The van der Waals surface area contributed by atoms with Crippen LogP contribution in [0.4, 0.5) is 10.8 Å². The van der Waals surface area contributed by atoms with Gasteiger partial charge in [-0.25, -0.2) is 4.98 Å². The first kappa shape index (κ1) is 22.1. The van der Waals surface area contributed by atoms with E-state index in [-0.39, 0.29) is 24.3 Å². The molecule has 4 aromatic rings. The number of anilines is 2. The number of thiazole rings is 1. The lowest BCUT2D eigenvalue weighted by atomic mass is 10.1. The van der Waals surface area contributed by atoms with Gasteiger partial charge in [-0.1, -0.05) is 59.9 Å². The highest BCUT2D eigenvalue weighted by molar-refractivity contribution is 7.22. The SMILES string of the molecule is O=C(Nc1cccc(OCC(=O)N(CCc2ccccc2)c2nc3ccccc3s2)c1)C1CC1. The van der Waals surface area contributed by atoms with Gasteiger partial charge in [0.25, 0.3) is 5.91 Å². The number of ether oxygens (including phenoxy) is 1. The average molecular weight is 472 g/mol. The number of carbonyl (C=O) groups excluding carboxylic acids is 2. The molecule has 0 aliphatic heterocycles. The van der Waals surface area contributed by atoms with Gasteiger partial charge in [-0.3, -0.25) is 14.5 Å². The molecule has 1 saturated carbocycles. The second-order valence-electron chi connectivity index (χ2n) is 8.33. The number of benzene rings is 3. The monoisotopic (exact) mass is 471 g/mol. The molecule has 1 fully saturated rings. The smallest absolute Gasteiger partial charge is 0.266 e. The molecular weight excluding hydrogens is 446 g/mol. The highest BCUT2D eigenvalue weighted by Crippen LogP contribution is 2.31. The average Bonchev–Trinajstić information content (AvgIpc) is 3.63. The van der Waals surface area contributed by atoms with Crippen LogP contribution in [0.2, 0.25) is 0 Å². The summed E-state index contributed by atoms with van der Waals surface area (Å²) in [5.74, 6) is 0.533. The van der Waals surface area contributed by atoms with E-state index in [1.165, 1.54) is 11.3 Å². The molecule has 0 atom stereocenters. The first-order valence-corrected chi connectivity index (χ1v) is 12.2. The summed E-state index contributed by atoms with van der Waals surface area (Å²) >= 11 is 1.50. The van der Waals surface area contributed by atoms with Gasteiger partial charge in [-0.15, -0.1) is 0 Å². The summed E-state index contributed by atoms with van der Waals surface area (Å²) in [4.78, 5) is 31.7. The first-order chi connectivity index (χ1) is 16.7. The topological polar surface area (TPSA) is 71.5 Å². The Labute approximate surface area is 202 Å². The Kier molecular flexibility index (Phi) is 6.53. The Bertz CT molecular complexity index is 1270. The molecule has 1 aliphatic carbocycles. The summed E-state index contributed by atoms with van der Waals surface area (Å²) in [6.07, 6.45) is 2.60. The van der Waals surface area contributed by atoms with Crippen molar-refractivity contribution in [1.29, 1.82) is 0 Å². The van der Waals surface area contributed by atoms with Gasteiger partial charge in [0.2, 0.25) is 5.91 Å². The Morgan fingerprint density at radius 2 is 1.79 bits per heavy atom. The quantitative estimate of drug-likeness (QED) is 0.360. The van der Waals surface area contributed by atoms with Crippen LogP contribution < -0.4 is 15.0 Å². The number of carbonyl (C=O) groups is 2. The van der Waals surface area contributed by atoms with Crippen molar-refractivity contribution < 1.29 is 14.3 Å². The van der Waals surface area contributed by atoms with Crippen molar-refractivity contribution in [2.24, 2.45) is 5.92 Å². The second kappa shape index (κ2) is 10.1. The summed E-state index contributed by atoms with van der Waals surface area (Å²) in [6.45, 7) is 0.383. The lowest BCUT2D eigenvalue weighted by Crippen LogP contribution is -2.36. The minimum atomic E-state index is -0.164. The Hall–Kier alpha value is -3.71. The van der Waals surface area contributed by atoms with Crippen LogP contribution >= 0.6 is 11.3 Å². The summed E-state index contributed by atoms with van der Waals surface area (Å²) in [5, 5.41) is 3.57. The van der Waals surface area contributed by atoms with E-state index in [0.717, 1.165) is 28.6 Å². The van der Waals surface area contributed by atoms with Gasteiger partial charge in [0, 0.05) is 24.2 Å². The number of hydrogen-bond donors (Lipinski definition) is 1. The molecule has 0 saturated heterocycles. The van der Waals surface area contributed by atoms with Crippen LogP contribution in [0.15, 0.2) is 78.9 Å². The van der Waals surface area contributed by atoms with Gasteiger partial charge in [0.15, 0.2) is 11.7 Å². The van der Waals surface area contributed by atoms with Crippen LogP contribution in [0, 0.1) is 5.92 Å². The highest BCUT2D eigenvalue weighted by atomic mass is 32.1. The van der Waals surface area contributed by atoms with Crippen molar-refractivity contribution in [3.63, 3.8) is 0 Å². The van der Waals surface area contributed by atoms with Gasteiger partial charge in [0.05, 0.1) is 10.2 Å². The molecule has 0 spiro atoms. The Morgan fingerprint density at radius 1 is 1.00 bits per heavy atom. The van der Waals surface area contributed by atoms with E-state index < -0.39 is 0 Å². The number of aromatic nitrogens is 1. The summed E-state index contributed by atoms with van der Waals surface area (Å²) in [5.41, 5.74) is 2.70. The summed E-state index contributed by atoms with van der Waals surface area (Å²) in [7, 11) is 0. The summed E-state index contributed by atoms with van der Waals surface area (Å²) in [6, 6.07) is 25.1. The van der Waals surface area contributed by atoms with E-state index in [9.17, 15) is 9.59 Å². The highest BCUT2D eigenvalue weighted by Gasteiger charge is 2.29. The lowest BCUT2D eigenvalue weighted by Gasteiger charge is -2.20. The maximum absolute atomic E-state index is 13.3. The van der Waals surface area contributed by atoms with E-state index in [4.69, 9.17) is 9.72 Å². The first-order valence-electron chi connectivity index (χ1n) is 11.4. The van der Waals surface area contributed by atoms with Crippen molar-refractivity contribution in [1.82, 2.24) is 4.98 Å². The maximum Gasteiger partial charge on any atom is 0.266 e. The molecule has 0 bridgehead atoms. The predicted molar refractivity (Wildman–Crippen MR) is 135 cm³/mol. The molecule has 1 N–H and O–H groups in total. The van der Waals surface area contributed by atoms with Crippen LogP contribution in [0.5, 0.6) is 5.75 Å². The van der Waals surface area contributed by atoms with Gasteiger partial charge in [-0.2, -0.15) is 0 Å². The number of amides is 2. The van der Waals surface area contributed by atoms with Gasteiger partial charge in [-0.05, 0) is 49.1 Å². The number of nitrogens with zero attached hydrogens (tertiary/aromatic N) is 2. The fourth-order valence-corrected chi connectivity index (χ4v) is 4.67. The fourth-order valence-electron chi connectivity index (χ4n) is 3.66.